The molecule has 1 aromatic heterocycles. The number of anilines is 2. The number of ether oxygens (including phenoxy) is 1. The van der Waals surface area contributed by atoms with Crippen LogP contribution in [-0.2, 0) is 0 Å². The van der Waals surface area contributed by atoms with Crippen molar-refractivity contribution in [2.24, 2.45) is 0 Å². The van der Waals surface area contributed by atoms with Crippen LogP contribution in [0.25, 0.3) is 0 Å². The molecule has 0 bridgehead atoms. The van der Waals surface area contributed by atoms with Gasteiger partial charge in [-0.25, -0.2) is 9.37 Å². The van der Waals surface area contributed by atoms with Crippen LogP contribution in [0.1, 0.15) is 19.3 Å². The van der Waals surface area contributed by atoms with Gasteiger partial charge in [0.25, 0.3) is 0 Å². The van der Waals surface area contributed by atoms with Crippen LogP contribution in [-0.4, -0.2) is 33.4 Å². The van der Waals surface area contributed by atoms with E-state index in [4.69, 9.17) is 4.74 Å². The van der Waals surface area contributed by atoms with Gasteiger partial charge in [0.05, 0.1) is 17.8 Å². The molecule has 1 fully saturated rings. The zero-order valence-corrected chi connectivity index (χ0v) is 12.4. The van der Waals surface area contributed by atoms with Crippen molar-refractivity contribution in [2.45, 2.75) is 37.5 Å². The van der Waals surface area contributed by atoms with Crippen molar-refractivity contribution in [3.8, 4) is 11.5 Å². The average Bonchev–Trinajstić information content (AvgIpc) is 2.56. The quantitative estimate of drug-likeness (QED) is 0.847. The fourth-order valence-electron chi connectivity index (χ4n) is 3.39. The third-order valence-electron chi connectivity index (χ3n) is 4.50. The first-order valence-corrected chi connectivity index (χ1v) is 7.73. The van der Waals surface area contributed by atoms with Crippen LogP contribution in [0.2, 0.25) is 0 Å². The number of fused-ring (bicyclic) bond motifs is 2. The second kappa shape index (κ2) is 5.47. The summed E-state index contributed by atoms with van der Waals surface area (Å²) < 4.78 is 19.6. The zero-order chi connectivity index (χ0) is 16.0. The number of pyridine rings is 1. The van der Waals surface area contributed by atoms with Crippen LogP contribution in [0.15, 0.2) is 36.5 Å². The van der Waals surface area contributed by atoms with E-state index in [9.17, 15) is 14.6 Å². The molecule has 1 aromatic carbocycles. The van der Waals surface area contributed by atoms with E-state index >= 15 is 0 Å². The van der Waals surface area contributed by atoms with Crippen molar-refractivity contribution in [3.05, 3.63) is 42.3 Å². The molecular formula is C17H17FN2O3. The standard InChI is InChI=1S/C17H17FN2O3/c18-10-6-7-14-12(9-10)20(11-3-1-4-13(21)16(11)22)17-15(23-14)5-2-8-19-17/h2,5-9,11,13,16,21-22H,1,3-4H2/t11-,13-,16+/m1/s1. The molecule has 2 aliphatic rings. The molecular weight excluding hydrogens is 299 g/mol. The highest BCUT2D eigenvalue weighted by Gasteiger charge is 2.39. The monoisotopic (exact) mass is 316 g/mol. The summed E-state index contributed by atoms with van der Waals surface area (Å²) in [6, 6.07) is 7.45. The molecule has 3 atom stereocenters. The fourth-order valence-corrected chi connectivity index (χ4v) is 3.39. The lowest BCUT2D eigenvalue weighted by molar-refractivity contribution is -0.0208. The number of halogens is 1. The number of aliphatic hydroxyl groups is 2. The molecule has 120 valence electrons. The molecule has 23 heavy (non-hydrogen) atoms. The minimum atomic E-state index is -0.923. The molecule has 1 aliphatic heterocycles. The van der Waals surface area contributed by atoms with Crippen LogP contribution in [0, 0.1) is 5.82 Å². The molecule has 2 N–H and O–H groups in total. The van der Waals surface area contributed by atoms with Crippen molar-refractivity contribution in [1.29, 1.82) is 0 Å². The van der Waals surface area contributed by atoms with E-state index in [0.29, 0.717) is 35.8 Å². The number of rotatable bonds is 1. The summed E-state index contributed by atoms with van der Waals surface area (Å²) in [4.78, 5) is 6.15. The Morgan fingerprint density at radius 1 is 1.17 bits per heavy atom. The van der Waals surface area contributed by atoms with Crippen molar-refractivity contribution in [1.82, 2.24) is 4.98 Å². The zero-order valence-electron chi connectivity index (χ0n) is 12.4. The van der Waals surface area contributed by atoms with E-state index in [1.54, 1.807) is 29.3 Å². The van der Waals surface area contributed by atoms with Crippen LogP contribution in [0.3, 0.4) is 0 Å². The first kappa shape index (κ1) is 14.4. The Kier molecular flexibility index (Phi) is 3.43. The van der Waals surface area contributed by atoms with E-state index in [2.05, 4.69) is 4.98 Å². The topological polar surface area (TPSA) is 65.8 Å². The summed E-state index contributed by atoms with van der Waals surface area (Å²) in [6.07, 6.45) is 1.95. The van der Waals surface area contributed by atoms with Gasteiger partial charge in [0.1, 0.15) is 11.9 Å². The Balaban J connectivity index is 1.86. The number of benzene rings is 1. The van der Waals surface area contributed by atoms with Gasteiger partial charge < -0.3 is 19.8 Å². The predicted octanol–water partition coefficient (Wildman–Crippen LogP) is 2.74. The molecule has 1 aliphatic carbocycles. The summed E-state index contributed by atoms with van der Waals surface area (Å²) in [5.41, 5.74) is 0.523. The third-order valence-corrected chi connectivity index (χ3v) is 4.50. The molecule has 0 radical (unpaired) electrons. The highest BCUT2D eigenvalue weighted by Crippen LogP contribution is 2.48. The number of hydrogen-bond acceptors (Lipinski definition) is 5. The maximum atomic E-state index is 13.8. The van der Waals surface area contributed by atoms with E-state index in [-0.39, 0.29) is 11.9 Å². The van der Waals surface area contributed by atoms with Crippen molar-refractivity contribution in [2.75, 3.05) is 4.90 Å². The second-order valence-electron chi connectivity index (χ2n) is 5.97. The average molecular weight is 316 g/mol. The van der Waals surface area contributed by atoms with Gasteiger partial charge in [-0.3, -0.25) is 0 Å². The third kappa shape index (κ3) is 2.34. The molecule has 0 saturated heterocycles. The molecule has 0 spiro atoms. The summed E-state index contributed by atoms with van der Waals surface area (Å²) in [5, 5.41) is 20.5. The molecule has 2 heterocycles. The van der Waals surface area contributed by atoms with Crippen molar-refractivity contribution < 1.29 is 19.3 Å². The van der Waals surface area contributed by atoms with E-state index in [1.807, 2.05) is 0 Å². The highest BCUT2D eigenvalue weighted by atomic mass is 19.1. The predicted molar refractivity (Wildman–Crippen MR) is 82.5 cm³/mol. The van der Waals surface area contributed by atoms with Crippen molar-refractivity contribution >= 4 is 11.5 Å². The maximum absolute atomic E-state index is 13.8. The molecule has 2 aromatic rings. The Labute approximate surface area is 133 Å². The first-order valence-electron chi connectivity index (χ1n) is 7.73. The summed E-state index contributed by atoms with van der Waals surface area (Å²) in [6.45, 7) is 0. The Bertz CT molecular complexity index is 740. The van der Waals surface area contributed by atoms with Gasteiger partial charge in [-0.1, -0.05) is 0 Å². The van der Waals surface area contributed by atoms with Crippen LogP contribution < -0.4 is 9.64 Å². The number of hydrogen-bond donors (Lipinski definition) is 2. The molecule has 1 saturated carbocycles. The van der Waals surface area contributed by atoms with E-state index in [0.717, 1.165) is 6.42 Å². The maximum Gasteiger partial charge on any atom is 0.177 e. The van der Waals surface area contributed by atoms with Gasteiger partial charge >= 0.3 is 0 Å². The second-order valence-corrected chi connectivity index (χ2v) is 5.97. The molecule has 5 nitrogen and oxygen atoms in total. The molecule has 0 unspecified atom stereocenters. The lowest BCUT2D eigenvalue weighted by Gasteiger charge is -2.42. The van der Waals surface area contributed by atoms with Gasteiger partial charge in [0.2, 0.25) is 0 Å². The van der Waals surface area contributed by atoms with Crippen LogP contribution >= 0.6 is 0 Å². The smallest absolute Gasteiger partial charge is 0.177 e. The van der Waals surface area contributed by atoms with E-state index in [1.165, 1.54) is 12.1 Å². The first-order chi connectivity index (χ1) is 11.1. The fraction of sp³-hybridized carbons (Fsp3) is 0.353. The highest BCUT2D eigenvalue weighted by molar-refractivity contribution is 5.76. The van der Waals surface area contributed by atoms with Crippen molar-refractivity contribution in [3.63, 3.8) is 0 Å². The molecule has 6 heteroatoms. The minimum absolute atomic E-state index is 0.378. The summed E-state index contributed by atoms with van der Waals surface area (Å²) in [5.74, 6) is 1.21. The van der Waals surface area contributed by atoms with Gasteiger partial charge in [-0.05, 0) is 43.5 Å². The van der Waals surface area contributed by atoms with Gasteiger partial charge in [0, 0.05) is 12.3 Å². The molecule has 0 amide bonds. The van der Waals surface area contributed by atoms with Crippen LogP contribution in [0.5, 0.6) is 11.5 Å². The lowest BCUT2D eigenvalue weighted by Crippen LogP contribution is -2.50. The number of nitrogens with zero attached hydrogens (tertiary/aromatic N) is 2. The summed E-state index contributed by atoms with van der Waals surface area (Å²) in [7, 11) is 0. The van der Waals surface area contributed by atoms with Crippen LogP contribution in [0.4, 0.5) is 15.9 Å². The minimum Gasteiger partial charge on any atom is -0.451 e. The van der Waals surface area contributed by atoms with Gasteiger partial charge in [-0.2, -0.15) is 0 Å². The van der Waals surface area contributed by atoms with Gasteiger partial charge in [0.15, 0.2) is 17.3 Å². The SMILES string of the molecule is O[C@@H]1[C@H](O)CCC[C@H]1N1c2cc(F)ccc2Oc2cccnc21. The molecule has 4 rings (SSSR count). The number of aliphatic hydroxyl groups excluding tert-OH is 2. The van der Waals surface area contributed by atoms with E-state index < -0.39 is 12.2 Å². The normalized spacial score (nSPS) is 26.2. The Morgan fingerprint density at radius 2 is 2.04 bits per heavy atom. The lowest BCUT2D eigenvalue weighted by atomic mass is 9.88. The summed E-state index contributed by atoms with van der Waals surface area (Å²) >= 11 is 0. The van der Waals surface area contributed by atoms with Gasteiger partial charge in [-0.15, -0.1) is 0 Å². The Morgan fingerprint density at radius 3 is 2.91 bits per heavy atom. The Hall–Kier alpha value is -2.18. The largest absolute Gasteiger partial charge is 0.451 e. The number of aromatic nitrogens is 1.